The minimum atomic E-state index is 0.436. The van der Waals surface area contributed by atoms with Crippen LogP contribution in [0, 0.1) is 4.91 Å². The molecule has 2 rings (SSSR count). The van der Waals surface area contributed by atoms with E-state index in [4.69, 9.17) is 0 Å². The standard InChI is InChI=1S/C9H5BrN2O/c10-9-8-2-1-7(12-13)5-6(8)3-4-11-9/h1-5H. The second-order valence-corrected chi connectivity index (χ2v) is 3.35. The van der Waals surface area contributed by atoms with Crippen molar-refractivity contribution in [1.29, 1.82) is 0 Å². The molecular formula is C9H5BrN2O. The molecule has 13 heavy (non-hydrogen) atoms. The molecular weight excluding hydrogens is 232 g/mol. The zero-order valence-electron chi connectivity index (χ0n) is 6.57. The predicted octanol–water partition coefficient (Wildman–Crippen LogP) is 3.40. The Balaban J connectivity index is 2.79. The number of hydrogen-bond acceptors (Lipinski definition) is 3. The maximum Gasteiger partial charge on any atom is 0.113 e. The number of benzene rings is 1. The summed E-state index contributed by atoms with van der Waals surface area (Å²) in [6.07, 6.45) is 1.68. The first-order valence-corrected chi connectivity index (χ1v) is 4.48. The van der Waals surface area contributed by atoms with Gasteiger partial charge >= 0.3 is 0 Å². The highest BCUT2D eigenvalue weighted by Crippen LogP contribution is 2.25. The van der Waals surface area contributed by atoms with Gasteiger partial charge in [-0.3, -0.25) is 0 Å². The fourth-order valence-electron chi connectivity index (χ4n) is 1.19. The summed E-state index contributed by atoms with van der Waals surface area (Å²) in [4.78, 5) is 14.3. The molecule has 0 fully saturated rings. The van der Waals surface area contributed by atoms with Crippen molar-refractivity contribution in [3.63, 3.8) is 0 Å². The molecule has 2 aromatic rings. The second-order valence-electron chi connectivity index (χ2n) is 2.60. The van der Waals surface area contributed by atoms with E-state index in [2.05, 4.69) is 26.1 Å². The Hall–Kier alpha value is -1.29. The molecule has 64 valence electrons. The summed E-state index contributed by atoms with van der Waals surface area (Å²) in [5.74, 6) is 0. The van der Waals surface area contributed by atoms with E-state index in [9.17, 15) is 4.91 Å². The third-order valence-electron chi connectivity index (χ3n) is 1.80. The summed E-state index contributed by atoms with van der Waals surface area (Å²) in [5.41, 5.74) is 0.436. The minimum absolute atomic E-state index is 0.436. The first-order valence-electron chi connectivity index (χ1n) is 3.69. The van der Waals surface area contributed by atoms with Crippen molar-refractivity contribution in [2.24, 2.45) is 5.18 Å². The highest BCUT2D eigenvalue weighted by atomic mass is 79.9. The summed E-state index contributed by atoms with van der Waals surface area (Å²) in [5, 5.41) is 4.80. The van der Waals surface area contributed by atoms with E-state index < -0.39 is 0 Å². The van der Waals surface area contributed by atoms with Crippen LogP contribution in [0.2, 0.25) is 0 Å². The average molecular weight is 237 g/mol. The van der Waals surface area contributed by atoms with Crippen LogP contribution in [0.3, 0.4) is 0 Å². The molecule has 0 aliphatic rings. The lowest BCUT2D eigenvalue weighted by Gasteiger charge is -1.98. The average Bonchev–Trinajstić information content (AvgIpc) is 2.18. The maximum absolute atomic E-state index is 10.3. The lowest BCUT2D eigenvalue weighted by Crippen LogP contribution is -1.77. The van der Waals surface area contributed by atoms with Crippen LogP contribution in [0.5, 0.6) is 0 Å². The Labute approximate surface area is 82.9 Å². The number of pyridine rings is 1. The number of aromatic nitrogens is 1. The van der Waals surface area contributed by atoms with Crippen LogP contribution in [-0.4, -0.2) is 4.98 Å². The number of rotatable bonds is 1. The summed E-state index contributed by atoms with van der Waals surface area (Å²) >= 11 is 3.32. The van der Waals surface area contributed by atoms with E-state index in [1.54, 1.807) is 18.3 Å². The van der Waals surface area contributed by atoms with Gasteiger partial charge in [0.1, 0.15) is 10.3 Å². The number of nitrogens with zero attached hydrogens (tertiary/aromatic N) is 2. The highest BCUT2D eigenvalue weighted by Gasteiger charge is 1.99. The topological polar surface area (TPSA) is 42.3 Å². The molecule has 0 atom stereocenters. The Morgan fingerprint density at radius 3 is 2.92 bits per heavy atom. The van der Waals surface area contributed by atoms with Crippen LogP contribution < -0.4 is 0 Å². The lowest BCUT2D eigenvalue weighted by molar-refractivity contribution is 1.31. The number of halogens is 1. The molecule has 0 aliphatic heterocycles. The molecule has 0 aliphatic carbocycles. The van der Waals surface area contributed by atoms with Crippen LogP contribution in [0.25, 0.3) is 10.8 Å². The monoisotopic (exact) mass is 236 g/mol. The van der Waals surface area contributed by atoms with Crippen LogP contribution in [0.1, 0.15) is 0 Å². The molecule has 0 saturated carbocycles. The minimum Gasteiger partial charge on any atom is -0.249 e. The summed E-state index contributed by atoms with van der Waals surface area (Å²) in [6.45, 7) is 0. The van der Waals surface area contributed by atoms with Gasteiger partial charge in [-0.1, -0.05) is 0 Å². The van der Waals surface area contributed by atoms with Gasteiger partial charge in [-0.25, -0.2) is 4.98 Å². The molecule has 0 radical (unpaired) electrons. The third-order valence-corrected chi connectivity index (χ3v) is 2.44. The van der Waals surface area contributed by atoms with Crippen molar-refractivity contribution in [1.82, 2.24) is 4.98 Å². The molecule has 3 nitrogen and oxygen atoms in total. The van der Waals surface area contributed by atoms with Crippen LogP contribution in [0.15, 0.2) is 40.2 Å². The lowest BCUT2D eigenvalue weighted by atomic mass is 10.2. The van der Waals surface area contributed by atoms with Gasteiger partial charge in [0.2, 0.25) is 0 Å². The van der Waals surface area contributed by atoms with Crippen LogP contribution in [-0.2, 0) is 0 Å². The molecule has 0 unspecified atom stereocenters. The van der Waals surface area contributed by atoms with Gasteiger partial charge in [-0.2, -0.15) is 0 Å². The Bertz CT molecular complexity index is 470. The largest absolute Gasteiger partial charge is 0.249 e. The first kappa shape index (κ1) is 8.31. The number of nitroso groups, excluding NO2 is 1. The zero-order chi connectivity index (χ0) is 9.26. The quantitative estimate of drug-likeness (QED) is 0.563. The zero-order valence-corrected chi connectivity index (χ0v) is 8.15. The van der Waals surface area contributed by atoms with Crippen LogP contribution in [0.4, 0.5) is 5.69 Å². The van der Waals surface area contributed by atoms with Crippen molar-refractivity contribution in [3.8, 4) is 0 Å². The Morgan fingerprint density at radius 1 is 1.31 bits per heavy atom. The molecule has 4 heteroatoms. The van der Waals surface area contributed by atoms with Gasteiger partial charge in [-0.05, 0) is 50.8 Å². The van der Waals surface area contributed by atoms with Gasteiger partial charge in [0.25, 0.3) is 0 Å². The van der Waals surface area contributed by atoms with Crippen molar-refractivity contribution in [3.05, 3.63) is 40.0 Å². The van der Waals surface area contributed by atoms with Crippen LogP contribution >= 0.6 is 15.9 Å². The fraction of sp³-hybridized carbons (Fsp3) is 0. The highest BCUT2D eigenvalue weighted by molar-refractivity contribution is 9.10. The molecule has 0 N–H and O–H groups in total. The van der Waals surface area contributed by atoms with Crippen molar-refractivity contribution < 1.29 is 0 Å². The SMILES string of the molecule is O=Nc1ccc2c(Br)nccc2c1. The van der Waals surface area contributed by atoms with Gasteiger partial charge < -0.3 is 0 Å². The summed E-state index contributed by atoms with van der Waals surface area (Å²) in [7, 11) is 0. The maximum atomic E-state index is 10.3. The van der Waals surface area contributed by atoms with E-state index in [1.165, 1.54) is 0 Å². The summed E-state index contributed by atoms with van der Waals surface area (Å²) in [6, 6.07) is 7.06. The molecule has 0 saturated heterocycles. The Morgan fingerprint density at radius 2 is 2.15 bits per heavy atom. The molecule has 0 bridgehead atoms. The predicted molar refractivity (Wildman–Crippen MR) is 54.9 cm³/mol. The van der Waals surface area contributed by atoms with Gasteiger partial charge in [0, 0.05) is 11.6 Å². The van der Waals surface area contributed by atoms with E-state index in [-0.39, 0.29) is 0 Å². The summed E-state index contributed by atoms with van der Waals surface area (Å²) < 4.78 is 0.780. The van der Waals surface area contributed by atoms with Gasteiger partial charge in [0.15, 0.2) is 0 Å². The van der Waals surface area contributed by atoms with Crippen molar-refractivity contribution >= 4 is 32.4 Å². The normalized spacial score (nSPS) is 10.2. The molecule has 1 aromatic heterocycles. The third kappa shape index (κ3) is 1.45. The van der Waals surface area contributed by atoms with E-state index in [1.807, 2.05) is 12.1 Å². The van der Waals surface area contributed by atoms with E-state index >= 15 is 0 Å². The van der Waals surface area contributed by atoms with Crippen molar-refractivity contribution in [2.45, 2.75) is 0 Å². The van der Waals surface area contributed by atoms with E-state index in [0.717, 1.165) is 15.4 Å². The van der Waals surface area contributed by atoms with Gasteiger partial charge in [0.05, 0.1) is 0 Å². The number of hydrogen-bond donors (Lipinski definition) is 0. The first-order chi connectivity index (χ1) is 6.31. The molecule has 1 aromatic carbocycles. The van der Waals surface area contributed by atoms with E-state index in [0.29, 0.717) is 5.69 Å². The van der Waals surface area contributed by atoms with Crippen molar-refractivity contribution in [2.75, 3.05) is 0 Å². The molecule has 0 amide bonds. The smallest absolute Gasteiger partial charge is 0.113 e. The van der Waals surface area contributed by atoms with Gasteiger partial charge in [-0.15, -0.1) is 4.91 Å². The Kier molecular flexibility index (Phi) is 2.06. The molecule has 0 spiro atoms. The molecule has 1 heterocycles. The fourth-order valence-corrected chi connectivity index (χ4v) is 1.66. The second kappa shape index (κ2) is 3.22. The number of fused-ring (bicyclic) bond motifs is 1.